The summed E-state index contributed by atoms with van der Waals surface area (Å²) in [6.07, 6.45) is -3.75. The summed E-state index contributed by atoms with van der Waals surface area (Å²) < 4.78 is 39.2. The van der Waals surface area contributed by atoms with Crippen molar-refractivity contribution in [3.05, 3.63) is 28.8 Å². The topological polar surface area (TPSA) is 49.4 Å². The molecule has 0 bridgehead atoms. The Morgan fingerprint density at radius 3 is 2.36 bits per heavy atom. The molecule has 0 aromatic heterocycles. The van der Waals surface area contributed by atoms with Crippen LogP contribution in [0.3, 0.4) is 0 Å². The molecule has 0 saturated carbocycles. The van der Waals surface area contributed by atoms with Gasteiger partial charge in [0.25, 0.3) is 0 Å². The molecule has 1 aromatic carbocycles. The highest BCUT2D eigenvalue weighted by Gasteiger charge is 2.35. The second-order valence-corrected chi connectivity index (χ2v) is 6.87. The van der Waals surface area contributed by atoms with Crippen molar-refractivity contribution in [1.82, 2.24) is 4.90 Å². The second kappa shape index (κ2) is 7.64. The Kier molecular flexibility index (Phi) is 5.98. The van der Waals surface area contributed by atoms with Gasteiger partial charge in [0.15, 0.2) is 0 Å². The zero-order chi connectivity index (χ0) is 18.8. The molecule has 25 heavy (non-hydrogen) atoms. The molecule has 0 unspecified atom stereocenters. The number of hydrogen-bond donors (Lipinski definition) is 1. The van der Waals surface area contributed by atoms with Gasteiger partial charge in [-0.3, -0.25) is 9.59 Å². The van der Waals surface area contributed by atoms with E-state index < -0.39 is 23.6 Å². The smallest absolute Gasteiger partial charge is 0.342 e. The zero-order valence-corrected chi connectivity index (χ0v) is 14.7. The third kappa shape index (κ3) is 4.87. The van der Waals surface area contributed by atoms with Crippen LogP contribution in [0.25, 0.3) is 0 Å². The van der Waals surface area contributed by atoms with Crippen LogP contribution in [0.15, 0.2) is 18.2 Å². The number of amides is 2. The lowest BCUT2D eigenvalue weighted by molar-refractivity contribution is -0.138. The highest BCUT2D eigenvalue weighted by atomic mass is 35.5. The third-order valence-corrected chi connectivity index (χ3v) is 4.45. The maximum atomic E-state index is 13.1. The van der Waals surface area contributed by atoms with Crippen molar-refractivity contribution in [3.8, 4) is 0 Å². The van der Waals surface area contributed by atoms with Gasteiger partial charge in [-0.1, -0.05) is 25.4 Å². The summed E-state index contributed by atoms with van der Waals surface area (Å²) >= 11 is 5.63. The number of rotatable bonds is 3. The lowest BCUT2D eigenvalue weighted by atomic mass is 9.95. The van der Waals surface area contributed by atoms with Gasteiger partial charge < -0.3 is 10.2 Å². The van der Waals surface area contributed by atoms with E-state index in [0.717, 1.165) is 12.1 Å². The number of nitrogens with zero attached hydrogens (tertiary/aromatic N) is 1. The van der Waals surface area contributed by atoms with Crippen molar-refractivity contribution in [2.75, 3.05) is 18.4 Å². The zero-order valence-electron chi connectivity index (χ0n) is 14.0. The first-order valence-corrected chi connectivity index (χ1v) is 8.43. The number of anilines is 1. The summed E-state index contributed by atoms with van der Waals surface area (Å²) in [6, 6.07) is 3.25. The molecule has 1 aliphatic heterocycles. The number of benzene rings is 1. The molecular weight excluding hydrogens is 357 g/mol. The van der Waals surface area contributed by atoms with E-state index in [1.54, 1.807) is 18.7 Å². The molecule has 1 aliphatic rings. The van der Waals surface area contributed by atoms with Crippen LogP contribution >= 0.6 is 11.6 Å². The third-order valence-electron chi connectivity index (χ3n) is 4.22. The molecule has 1 N–H and O–H groups in total. The van der Waals surface area contributed by atoms with Crippen LogP contribution < -0.4 is 5.32 Å². The number of piperidine rings is 1. The SMILES string of the molecule is CC(C)C(=O)N1CCC(C(=O)Nc2ccc(Cl)cc2C(F)(F)F)CC1. The Labute approximate surface area is 149 Å². The fraction of sp³-hybridized carbons (Fsp3) is 0.529. The van der Waals surface area contributed by atoms with Crippen LogP contribution in [0.1, 0.15) is 32.3 Å². The number of nitrogens with one attached hydrogen (secondary N) is 1. The van der Waals surface area contributed by atoms with E-state index in [1.165, 1.54) is 6.07 Å². The largest absolute Gasteiger partial charge is 0.418 e. The molecule has 1 heterocycles. The molecule has 1 aromatic rings. The summed E-state index contributed by atoms with van der Waals surface area (Å²) in [7, 11) is 0. The molecule has 138 valence electrons. The van der Waals surface area contributed by atoms with E-state index in [-0.39, 0.29) is 22.5 Å². The highest BCUT2D eigenvalue weighted by Crippen LogP contribution is 2.37. The van der Waals surface area contributed by atoms with Crippen molar-refractivity contribution in [2.45, 2.75) is 32.9 Å². The first kappa shape index (κ1) is 19.6. The predicted molar refractivity (Wildman–Crippen MR) is 89.2 cm³/mol. The number of hydrogen-bond acceptors (Lipinski definition) is 2. The average molecular weight is 377 g/mol. The minimum atomic E-state index is -4.61. The van der Waals surface area contributed by atoms with Crippen molar-refractivity contribution < 1.29 is 22.8 Å². The fourth-order valence-electron chi connectivity index (χ4n) is 2.82. The Balaban J connectivity index is 2.04. The molecule has 4 nitrogen and oxygen atoms in total. The van der Waals surface area contributed by atoms with Crippen LogP contribution in [-0.4, -0.2) is 29.8 Å². The first-order valence-electron chi connectivity index (χ1n) is 8.06. The van der Waals surface area contributed by atoms with Gasteiger partial charge in [-0.15, -0.1) is 0 Å². The average Bonchev–Trinajstić information content (AvgIpc) is 2.54. The number of halogens is 4. The fourth-order valence-corrected chi connectivity index (χ4v) is 2.99. The summed E-state index contributed by atoms with van der Waals surface area (Å²) in [5, 5.41) is 2.31. The van der Waals surface area contributed by atoms with Crippen LogP contribution in [-0.2, 0) is 15.8 Å². The van der Waals surface area contributed by atoms with Crippen molar-refractivity contribution >= 4 is 29.1 Å². The van der Waals surface area contributed by atoms with Gasteiger partial charge in [0.1, 0.15) is 0 Å². The van der Waals surface area contributed by atoms with Gasteiger partial charge in [0.2, 0.25) is 11.8 Å². The minimum Gasteiger partial charge on any atom is -0.342 e. The van der Waals surface area contributed by atoms with Gasteiger partial charge in [-0.25, -0.2) is 0 Å². The molecule has 2 amide bonds. The lowest BCUT2D eigenvalue weighted by Crippen LogP contribution is -2.43. The lowest BCUT2D eigenvalue weighted by Gasteiger charge is -2.32. The van der Waals surface area contributed by atoms with Gasteiger partial charge in [0.05, 0.1) is 11.3 Å². The Morgan fingerprint density at radius 1 is 1.24 bits per heavy atom. The number of carbonyl (C=O) groups is 2. The summed E-state index contributed by atoms with van der Waals surface area (Å²) in [5.41, 5.74) is -1.27. The molecule has 0 spiro atoms. The quantitative estimate of drug-likeness (QED) is 0.859. The minimum absolute atomic E-state index is 0.0240. The molecule has 0 radical (unpaired) electrons. The monoisotopic (exact) mass is 376 g/mol. The number of alkyl halides is 3. The molecule has 0 aliphatic carbocycles. The van der Waals surface area contributed by atoms with Crippen LogP contribution in [0, 0.1) is 11.8 Å². The maximum absolute atomic E-state index is 13.1. The van der Waals surface area contributed by atoms with Gasteiger partial charge in [-0.05, 0) is 31.0 Å². The Bertz CT molecular complexity index is 654. The van der Waals surface area contributed by atoms with Crippen LogP contribution in [0.2, 0.25) is 5.02 Å². The van der Waals surface area contributed by atoms with E-state index in [2.05, 4.69) is 5.32 Å². The van der Waals surface area contributed by atoms with Gasteiger partial charge >= 0.3 is 6.18 Å². The normalized spacial score (nSPS) is 16.2. The Morgan fingerprint density at radius 2 is 1.84 bits per heavy atom. The molecule has 1 saturated heterocycles. The molecule has 0 atom stereocenters. The molecule has 8 heteroatoms. The predicted octanol–water partition coefficient (Wildman–Crippen LogP) is 4.19. The standard InChI is InChI=1S/C17H20ClF3N2O2/c1-10(2)16(25)23-7-5-11(6-8-23)15(24)22-14-4-3-12(18)9-13(14)17(19,20)21/h3-4,9-11H,5-8H2,1-2H3,(H,22,24). The van der Waals surface area contributed by atoms with Crippen LogP contribution in [0.5, 0.6) is 0 Å². The number of carbonyl (C=O) groups excluding carboxylic acids is 2. The highest BCUT2D eigenvalue weighted by molar-refractivity contribution is 6.30. The molecule has 1 fully saturated rings. The summed E-state index contributed by atoms with van der Waals surface area (Å²) in [4.78, 5) is 26.0. The summed E-state index contributed by atoms with van der Waals surface area (Å²) in [5.74, 6) is -0.984. The van der Waals surface area contributed by atoms with Gasteiger partial charge in [-0.2, -0.15) is 13.2 Å². The van der Waals surface area contributed by atoms with Crippen molar-refractivity contribution in [3.63, 3.8) is 0 Å². The maximum Gasteiger partial charge on any atom is 0.418 e. The Hall–Kier alpha value is -1.76. The first-order chi connectivity index (χ1) is 11.6. The van der Waals surface area contributed by atoms with Crippen molar-refractivity contribution in [1.29, 1.82) is 0 Å². The molecular formula is C17H20ClF3N2O2. The van der Waals surface area contributed by atoms with E-state index >= 15 is 0 Å². The van der Waals surface area contributed by atoms with E-state index in [9.17, 15) is 22.8 Å². The van der Waals surface area contributed by atoms with E-state index in [1.807, 2.05) is 0 Å². The number of likely N-dealkylation sites (tertiary alicyclic amines) is 1. The second-order valence-electron chi connectivity index (χ2n) is 6.43. The van der Waals surface area contributed by atoms with Crippen molar-refractivity contribution in [2.24, 2.45) is 11.8 Å². The van der Waals surface area contributed by atoms with Crippen LogP contribution in [0.4, 0.5) is 18.9 Å². The van der Waals surface area contributed by atoms with E-state index in [4.69, 9.17) is 11.6 Å². The molecule has 2 rings (SSSR count). The summed E-state index contributed by atoms with van der Waals surface area (Å²) in [6.45, 7) is 4.48. The van der Waals surface area contributed by atoms with E-state index in [0.29, 0.717) is 25.9 Å². The van der Waals surface area contributed by atoms with Gasteiger partial charge in [0, 0.05) is 29.9 Å².